The van der Waals surface area contributed by atoms with Gasteiger partial charge < -0.3 is 25.0 Å². The SMILES string of the molecule is CCOCCN(C)C(=N)c1ccc(C(=O)Nc2ccc(OC)cc2C(=O)Nc2ccc(Cl)cn2)c(F)c1. The fraction of sp³-hybridized carbons (Fsp3) is 0.231. The number of carbonyl (C=O) groups excluding carboxylic acids is 2. The second-order valence-corrected chi connectivity index (χ2v) is 8.28. The summed E-state index contributed by atoms with van der Waals surface area (Å²) < 4.78 is 25.4. The Morgan fingerprint density at radius 2 is 1.84 bits per heavy atom. The number of carbonyl (C=O) groups is 2. The van der Waals surface area contributed by atoms with Crippen LogP contribution in [0.3, 0.4) is 0 Å². The molecule has 1 heterocycles. The Hall–Kier alpha value is -4.02. The summed E-state index contributed by atoms with van der Waals surface area (Å²) in [6.07, 6.45) is 1.38. The van der Waals surface area contributed by atoms with E-state index >= 15 is 0 Å². The number of hydrogen-bond donors (Lipinski definition) is 3. The molecule has 0 bridgehead atoms. The molecule has 3 N–H and O–H groups in total. The lowest BCUT2D eigenvalue weighted by molar-refractivity contribution is 0.102. The van der Waals surface area contributed by atoms with Gasteiger partial charge in [-0.25, -0.2) is 9.37 Å². The Balaban J connectivity index is 1.79. The Labute approximate surface area is 219 Å². The van der Waals surface area contributed by atoms with Crippen molar-refractivity contribution in [3.05, 3.63) is 82.3 Å². The Morgan fingerprint density at radius 3 is 2.49 bits per heavy atom. The first kappa shape index (κ1) is 27.6. The minimum Gasteiger partial charge on any atom is -0.497 e. The number of likely N-dealkylation sites (N-methyl/N-ethyl adjacent to an activating group) is 1. The number of halogens is 2. The van der Waals surface area contributed by atoms with Crippen molar-refractivity contribution in [3.63, 3.8) is 0 Å². The molecule has 0 unspecified atom stereocenters. The number of aromatic nitrogens is 1. The summed E-state index contributed by atoms with van der Waals surface area (Å²) in [5, 5.41) is 13.9. The highest BCUT2D eigenvalue weighted by Gasteiger charge is 2.19. The van der Waals surface area contributed by atoms with Crippen molar-refractivity contribution in [3.8, 4) is 5.75 Å². The maximum atomic E-state index is 14.9. The molecule has 9 nitrogen and oxygen atoms in total. The number of anilines is 2. The summed E-state index contributed by atoms with van der Waals surface area (Å²) in [6, 6.07) is 11.5. The molecular formula is C26H27ClFN5O4. The first-order chi connectivity index (χ1) is 17.7. The lowest BCUT2D eigenvalue weighted by atomic mass is 10.1. The fourth-order valence-corrected chi connectivity index (χ4v) is 3.41. The minimum atomic E-state index is -0.803. The molecule has 0 aliphatic carbocycles. The third kappa shape index (κ3) is 7.25. The van der Waals surface area contributed by atoms with E-state index in [0.717, 1.165) is 6.07 Å². The summed E-state index contributed by atoms with van der Waals surface area (Å²) >= 11 is 5.84. The van der Waals surface area contributed by atoms with Crippen LogP contribution >= 0.6 is 11.6 Å². The molecule has 0 saturated carbocycles. The number of nitrogens with zero attached hydrogens (tertiary/aromatic N) is 2. The molecule has 3 rings (SSSR count). The van der Waals surface area contributed by atoms with Gasteiger partial charge in [0.1, 0.15) is 23.2 Å². The van der Waals surface area contributed by atoms with Crippen molar-refractivity contribution in [2.45, 2.75) is 6.92 Å². The number of pyridine rings is 1. The normalized spacial score (nSPS) is 10.5. The Kier molecular flexibility index (Phi) is 9.53. The average molecular weight is 528 g/mol. The lowest BCUT2D eigenvalue weighted by Crippen LogP contribution is -2.30. The van der Waals surface area contributed by atoms with E-state index < -0.39 is 17.6 Å². The average Bonchev–Trinajstić information content (AvgIpc) is 2.89. The van der Waals surface area contributed by atoms with Gasteiger partial charge in [0.05, 0.1) is 35.6 Å². The van der Waals surface area contributed by atoms with Crippen LogP contribution in [0, 0.1) is 11.2 Å². The van der Waals surface area contributed by atoms with E-state index in [4.69, 9.17) is 26.5 Å². The van der Waals surface area contributed by atoms with E-state index in [2.05, 4.69) is 15.6 Å². The highest BCUT2D eigenvalue weighted by Crippen LogP contribution is 2.25. The van der Waals surface area contributed by atoms with Crippen molar-refractivity contribution in [2.75, 3.05) is 44.5 Å². The third-order valence-corrected chi connectivity index (χ3v) is 5.56. The highest BCUT2D eigenvalue weighted by atomic mass is 35.5. The molecule has 0 spiro atoms. The van der Waals surface area contributed by atoms with Gasteiger partial charge in [0.25, 0.3) is 11.8 Å². The number of benzene rings is 2. The topological polar surface area (TPSA) is 117 Å². The molecule has 194 valence electrons. The quantitative estimate of drug-likeness (QED) is 0.200. The van der Waals surface area contributed by atoms with Gasteiger partial charge in [0, 0.05) is 32.0 Å². The van der Waals surface area contributed by atoms with Crippen molar-refractivity contribution < 1.29 is 23.5 Å². The first-order valence-corrected chi connectivity index (χ1v) is 11.7. The van der Waals surface area contributed by atoms with Crippen LogP contribution in [0.25, 0.3) is 0 Å². The molecule has 3 aromatic rings. The zero-order chi connectivity index (χ0) is 26.9. The van der Waals surface area contributed by atoms with Crippen LogP contribution < -0.4 is 15.4 Å². The number of amides is 2. The van der Waals surface area contributed by atoms with E-state index in [1.165, 1.54) is 43.6 Å². The summed E-state index contributed by atoms with van der Waals surface area (Å²) in [5.74, 6) is -1.40. The van der Waals surface area contributed by atoms with E-state index in [0.29, 0.717) is 36.1 Å². The number of amidine groups is 1. The molecule has 2 amide bonds. The third-order valence-electron chi connectivity index (χ3n) is 5.33. The van der Waals surface area contributed by atoms with Crippen molar-refractivity contribution in [1.29, 1.82) is 5.41 Å². The molecule has 37 heavy (non-hydrogen) atoms. The largest absolute Gasteiger partial charge is 0.497 e. The zero-order valence-corrected chi connectivity index (χ0v) is 21.4. The van der Waals surface area contributed by atoms with E-state index in [9.17, 15) is 14.0 Å². The number of hydrogen-bond acceptors (Lipinski definition) is 6. The van der Waals surface area contributed by atoms with Gasteiger partial charge in [-0.2, -0.15) is 0 Å². The highest BCUT2D eigenvalue weighted by molar-refractivity contribution is 6.30. The summed E-state index contributed by atoms with van der Waals surface area (Å²) in [4.78, 5) is 31.5. The zero-order valence-electron chi connectivity index (χ0n) is 20.6. The molecule has 0 atom stereocenters. The van der Waals surface area contributed by atoms with Gasteiger partial charge in [-0.3, -0.25) is 15.0 Å². The maximum Gasteiger partial charge on any atom is 0.259 e. The minimum absolute atomic E-state index is 0.0826. The monoisotopic (exact) mass is 527 g/mol. The van der Waals surface area contributed by atoms with Crippen LogP contribution in [-0.2, 0) is 4.74 Å². The molecular weight excluding hydrogens is 501 g/mol. The fourth-order valence-electron chi connectivity index (χ4n) is 3.29. The van der Waals surface area contributed by atoms with Crippen molar-refractivity contribution >= 4 is 40.8 Å². The second-order valence-electron chi connectivity index (χ2n) is 7.84. The number of rotatable bonds is 10. The Bertz CT molecular complexity index is 1290. The number of methoxy groups -OCH3 is 1. The van der Waals surface area contributed by atoms with Crippen LogP contribution in [-0.4, -0.2) is 61.4 Å². The summed E-state index contributed by atoms with van der Waals surface area (Å²) in [7, 11) is 3.15. The molecule has 11 heteroatoms. The molecule has 0 fully saturated rings. The molecule has 1 aromatic heterocycles. The molecule has 0 radical (unpaired) electrons. The first-order valence-electron chi connectivity index (χ1n) is 11.3. The lowest BCUT2D eigenvalue weighted by Gasteiger charge is -2.20. The second kappa shape index (κ2) is 12.8. The molecule has 0 aliphatic rings. The smallest absolute Gasteiger partial charge is 0.259 e. The van der Waals surface area contributed by atoms with Crippen LogP contribution in [0.15, 0.2) is 54.7 Å². The van der Waals surface area contributed by atoms with Gasteiger partial charge >= 0.3 is 0 Å². The molecule has 0 aliphatic heterocycles. The predicted molar refractivity (Wildman–Crippen MR) is 140 cm³/mol. The van der Waals surface area contributed by atoms with Gasteiger partial charge in [0.2, 0.25) is 0 Å². The summed E-state index contributed by atoms with van der Waals surface area (Å²) in [5.41, 5.74) is 0.298. The standard InChI is InChI=1S/C26H27ClFN5O4/c1-4-37-12-11-33(2)24(29)16-5-8-19(21(28)13-16)25(34)31-22-9-7-18(36-3)14-20(22)26(35)32-23-10-6-17(27)15-30-23/h5-10,13-15,29H,4,11-12H2,1-3H3,(H,31,34)(H,30,32,35). The number of nitrogens with one attached hydrogen (secondary N) is 3. The van der Waals surface area contributed by atoms with E-state index in [-0.39, 0.29) is 28.5 Å². The van der Waals surface area contributed by atoms with Gasteiger partial charge in [0.15, 0.2) is 0 Å². The van der Waals surface area contributed by atoms with Gasteiger partial charge in [-0.05, 0) is 49.4 Å². The van der Waals surface area contributed by atoms with Crippen LogP contribution in [0.5, 0.6) is 5.75 Å². The van der Waals surface area contributed by atoms with Crippen LogP contribution in [0.4, 0.5) is 15.9 Å². The Morgan fingerprint density at radius 1 is 1.08 bits per heavy atom. The van der Waals surface area contributed by atoms with Crippen molar-refractivity contribution in [1.82, 2.24) is 9.88 Å². The van der Waals surface area contributed by atoms with Crippen LogP contribution in [0.1, 0.15) is 33.2 Å². The number of ether oxygens (including phenoxy) is 2. The van der Waals surface area contributed by atoms with Crippen LogP contribution in [0.2, 0.25) is 5.02 Å². The summed E-state index contributed by atoms with van der Waals surface area (Å²) in [6.45, 7) is 3.34. The van der Waals surface area contributed by atoms with Gasteiger partial charge in [-0.1, -0.05) is 17.7 Å². The van der Waals surface area contributed by atoms with Crippen molar-refractivity contribution in [2.24, 2.45) is 0 Å². The van der Waals surface area contributed by atoms with Gasteiger partial charge in [-0.15, -0.1) is 0 Å². The maximum absolute atomic E-state index is 14.9. The predicted octanol–water partition coefficient (Wildman–Crippen LogP) is 4.68. The van der Waals surface area contributed by atoms with E-state index in [1.54, 1.807) is 24.1 Å². The van der Waals surface area contributed by atoms with E-state index in [1.807, 2.05) is 6.92 Å². The molecule has 2 aromatic carbocycles. The molecule has 0 saturated heterocycles.